The summed E-state index contributed by atoms with van der Waals surface area (Å²) in [5.41, 5.74) is 2.37. The van der Waals surface area contributed by atoms with Crippen molar-refractivity contribution in [2.75, 3.05) is 20.2 Å². The van der Waals surface area contributed by atoms with Crippen LogP contribution in [0.5, 0.6) is 5.75 Å². The quantitative estimate of drug-likeness (QED) is 0.614. The third-order valence-corrected chi connectivity index (χ3v) is 5.98. The molecule has 4 rings (SSSR count). The number of benzene rings is 2. The monoisotopic (exact) mass is 434 g/mol. The molecule has 1 saturated heterocycles. The van der Waals surface area contributed by atoms with Crippen LogP contribution in [0.4, 0.5) is 0 Å². The van der Waals surface area contributed by atoms with E-state index >= 15 is 0 Å². The summed E-state index contributed by atoms with van der Waals surface area (Å²) >= 11 is 0. The number of amides is 2. The minimum atomic E-state index is -0.192. The number of aromatic nitrogens is 2. The number of carbonyl (C=O) groups is 2. The number of aryl methyl sites for hydroxylation is 1. The predicted octanol–water partition coefficient (Wildman–Crippen LogP) is 3.77. The van der Waals surface area contributed by atoms with Gasteiger partial charge in [0, 0.05) is 31.6 Å². The first-order valence-corrected chi connectivity index (χ1v) is 11.3. The summed E-state index contributed by atoms with van der Waals surface area (Å²) in [6, 6.07) is 14.9. The molecule has 0 spiro atoms. The van der Waals surface area contributed by atoms with Gasteiger partial charge in [0.05, 0.1) is 24.7 Å². The van der Waals surface area contributed by atoms with Crippen molar-refractivity contribution in [2.24, 2.45) is 0 Å². The number of nitrogens with zero attached hydrogens (tertiary/aromatic N) is 3. The fraction of sp³-hybridized carbons (Fsp3) is 0.400. The Bertz CT molecular complexity index is 1080. The van der Waals surface area contributed by atoms with Gasteiger partial charge in [0.2, 0.25) is 5.91 Å². The molecule has 2 heterocycles. The van der Waals surface area contributed by atoms with Crippen LogP contribution in [0, 0.1) is 0 Å². The smallest absolute Gasteiger partial charge is 0.251 e. The zero-order chi connectivity index (χ0) is 22.3. The minimum absolute atomic E-state index is 0.191. The molecule has 1 N–H and O–H groups in total. The van der Waals surface area contributed by atoms with Gasteiger partial charge in [-0.05, 0) is 43.2 Å². The largest absolute Gasteiger partial charge is 0.497 e. The van der Waals surface area contributed by atoms with Crippen molar-refractivity contribution >= 4 is 22.8 Å². The summed E-state index contributed by atoms with van der Waals surface area (Å²) in [6.45, 7) is 2.53. The fourth-order valence-electron chi connectivity index (χ4n) is 4.22. The third-order valence-electron chi connectivity index (χ3n) is 5.98. The molecule has 0 atom stereocenters. The van der Waals surface area contributed by atoms with Crippen molar-refractivity contribution in [1.82, 2.24) is 19.8 Å². The molecule has 7 heteroatoms. The lowest BCUT2D eigenvalue weighted by atomic mass is 10.2. The number of imidazole rings is 1. The number of ether oxygens (including phenoxy) is 1. The molecule has 7 nitrogen and oxygen atoms in total. The van der Waals surface area contributed by atoms with Gasteiger partial charge in [-0.2, -0.15) is 0 Å². The van der Waals surface area contributed by atoms with E-state index in [9.17, 15) is 9.59 Å². The first-order valence-electron chi connectivity index (χ1n) is 11.3. The van der Waals surface area contributed by atoms with Crippen LogP contribution in [0.25, 0.3) is 11.0 Å². The number of hydrogen-bond donors (Lipinski definition) is 1. The van der Waals surface area contributed by atoms with Gasteiger partial charge >= 0.3 is 0 Å². The van der Waals surface area contributed by atoms with Gasteiger partial charge in [0.1, 0.15) is 11.6 Å². The summed E-state index contributed by atoms with van der Waals surface area (Å²) < 4.78 is 7.26. The molecule has 1 fully saturated rings. The Morgan fingerprint density at radius 1 is 1.03 bits per heavy atom. The van der Waals surface area contributed by atoms with E-state index in [1.807, 2.05) is 29.2 Å². The lowest BCUT2D eigenvalue weighted by Gasteiger charge is -2.20. The van der Waals surface area contributed by atoms with Crippen LogP contribution >= 0.6 is 0 Å². The van der Waals surface area contributed by atoms with Gasteiger partial charge in [-0.3, -0.25) is 9.59 Å². The average molecular weight is 435 g/mol. The van der Waals surface area contributed by atoms with Crippen molar-refractivity contribution in [3.63, 3.8) is 0 Å². The number of nitrogens with one attached hydrogen (secondary N) is 1. The normalized spacial score (nSPS) is 14.2. The topological polar surface area (TPSA) is 76.5 Å². The summed E-state index contributed by atoms with van der Waals surface area (Å²) in [4.78, 5) is 32.2. The summed E-state index contributed by atoms with van der Waals surface area (Å²) in [7, 11) is 1.58. The number of carbonyl (C=O) groups excluding carboxylic acids is 2. The van der Waals surface area contributed by atoms with E-state index in [2.05, 4.69) is 9.88 Å². The first-order chi connectivity index (χ1) is 15.7. The second-order valence-electron chi connectivity index (χ2n) is 8.13. The van der Waals surface area contributed by atoms with Crippen LogP contribution in [0.1, 0.15) is 48.3 Å². The summed E-state index contributed by atoms with van der Waals surface area (Å²) in [5, 5.41) is 2.95. The highest BCUT2D eigenvalue weighted by molar-refractivity contribution is 5.94. The number of methoxy groups -OCH3 is 1. The summed E-state index contributed by atoms with van der Waals surface area (Å²) in [5.74, 6) is 1.38. The van der Waals surface area contributed by atoms with E-state index in [1.54, 1.807) is 31.4 Å². The maximum atomic E-state index is 12.8. The maximum absolute atomic E-state index is 12.8. The van der Waals surface area contributed by atoms with Crippen LogP contribution in [0.15, 0.2) is 48.5 Å². The van der Waals surface area contributed by atoms with Gasteiger partial charge in [-0.15, -0.1) is 0 Å². The molecule has 3 aromatic rings. The van der Waals surface area contributed by atoms with Crippen LogP contribution < -0.4 is 10.1 Å². The lowest BCUT2D eigenvalue weighted by Crippen LogP contribution is -2.32. The number of fused-ring (bicyclic) bond motifs is 1. The second-order valence-corrected chi connectivity index (χ2v) is 8.13. The van der Waals surface area contributed by atoms with Crippen LogP contribution in [-0.4, -0.2) is 46.5 Å². The van der Waals surface area contributed by atoms with Gasteiger partial charge in [0.15, 0.2) is 0 Å². The number of likely N-dealkylation sites (tertiary alicyclic amines) is 1. The Hall–Kier alpha value is -3.35. The molecule has 168 valence electrons. The molecule has 2 amide bonds. The first kappa shape index (κ1) is 21.9. The van der Waals surface area contributed by atoms with E-state index in [4.69, 9.17) is 9.72 Å². The summed E-state index contributed by atoms with van der Waals surface area (Å²) in [6.07, 6.45) is 5.00. The van der Waals surface area contributed by atoms with Crippen LogP contribution in [0.2, 0.25) is 0 Å². The molecule has 1 aliphatic rings. The van der Waals surface area contributed by atoms with Crippen LogP contribution in [0.3, 0.4) is 0 Å². The molecule has 1 aliphatic heterocycles. The highest BCUT2D eigenvalue weighted by atomic mass is 16.5. The molecular formula is C25H30N4O3. The molecule has 2 aromatic carbocycles. The zero-order valence-electron chi connectivity index (χ0n) is 18.5. The third kappa shape index (κ3) is 5.10. The van der Waals surface area contributed by atoms with Crippen molar-refractivity contribution in [3.05, 3.63) is 59.9 Å². The molecule has 32 heavy (non-hydrogen) atoms. The van der Waals surface area contributed by atoms with Gasteiger partial charge in [-0.25, -0.2) is 4.98 Å². The molecule has 0 unspecified atom stereocenters. The molecule has 0 bridgehead atoms. The van der Waals surface area contributed by atoms with E-state index in [-0.39, 0.29) is 18.4 Å². The Kier molecular flexibility index (Phi) is 7.04. The Labute approximate surface area is 188 Å². The Morgan fingerprint density at radius 2 is 1.81 bits per heavy atom. The van der Waals surface area contributed by atoms with Crippen molar-refractivity contribution in [3.8, 4) is 5.75 Å². The van der Waals surface area contributed by atoms with E-state index < -0.39 is 0 Å². The molecule has 0 aliphatic carbocycles. The van der Waals surface area contributed by atoms with Gasteiger partial charge < -0.3 is 19.5 Å². The standard InChI is InChI=1S/C25H30N4O3/c1-32-20-10-8-9-19(17-20)25(31)26-18-23-27-21-11-4-5-12-22(21)29(23)16-13-24(30)28-14-6-2-3-7-15-28/h4-5,8-12,17H,2-3,6-7,13-16,18H2,1H3,(H,26,31). The average Bonchev–Trinajstić information content (AvgIpc) is 2.98. The highest BCUT2D eigenvalue weighted by Gasteiger charge is 2.18. The molecule has 0 saturated carbocycles. The fourth-order valence-corrected chi connectivity index (χ4v) is 4.22. The maximum Gasteiger partial charge on any atom is 0.251 e. The second kappa shape index (κ2) is 10.3. The lowest BCUT2D eigenvalue weighted by molar-refractivity contribution is -0.131. The number of rotatable bonds is 7. The zero-order valence-corrected chi connectivity index (χ0v) is 18.5. The van der Waals surface area contributed by atoms with Crippen molar-refractivity contribution in [2.45, 2.75) is 45.2 Å². The molecular weight excluding hydrogens is 404 g/mol. The number of para-hydroxylation sites is 2. The Morgan fingerprint density at radius 3 is 2.59 bits per heavy atom. The molecule has 0 radical (unpaired) electrons. The van der Waals surface area contributed by atoms with Crippen molar-refractivity contribution in [1.29, 1.82) is 0 Å². The minimum Gasteiger partial charge on any atom is -0.497 e. The number of hydrogen-bond acceptors (Lipinski definition) is 4. The molecule has 1 aromatic heterocycles. The van der Waals surface area contributed by atoms with Gasteiger partial charge in [0.25, 0.3) is 5.91 Å². The van der Waals surface area contributed by atoms with Gasteiger partial charge in [-0.1, -0.05) is 31.0 Å². The van der Waals surface area contributed by atoms with E-state index in [1.165, 1.54) is 12.8 Å². The SMILES string of the molecule is COc1cccc(C(=O)NCc2nc3ccccc3n2CCC(=O)N2CCCCCC2)c1. The highest BCUT2D eigenvalue weighted by Crippen LogP contribution is 2.18. The predicted molar refractivity (Wildman–Crippen MR) is 124 cm³/mol. The van der Waals surface area contributed by atoms with Crippen LogP contribution in [-0.2, 0) is 17.9 Å². The van der Waals surface area contributed by atoms with E-state index in [0.29, 0.717) is 24.3 Å². The van der Waals surface area contributed by atoms with E-state index in [0.717, 1.165) is 42.8 Å². The Balaban J connectivity index is 1.47. The van der Waals surface area contributed by atoms with Crippen molar-refractivity contribution < 1.29 is 14.3 Å².